The van der Waals surface area contributed by atoms with E-state index in [1.165, 1.54) is 12.1 Å². The molecule has 0 aliphatic heterocycles. The molecule has 2 aromatic rings. The van der Waals surface area contributed by atoms with Gasteiger partial charge in [0.15, 0.2) is 11.5 Å². The molecule has 3 nitrogen and oxygen atoms in total. The predicted molar refractivity (Wildman–Crippen MR) is 77.8 cm³/mol. The maximum atomic E-state index is 13.1. The summed E-state index contributed by atoms with van der Waals surface area (Å²) < 4.78 is 37.1. The second kappa shape index (κ2) is 6.92. The summed E-state index contributed by atoms with van der Waals surface area (Å²) in [6.07, 6.45) is 0. The molecule has 21 heavy (non-hydrogen) atoms. The number of nitrogens with one attached hydrogen (secondary N) is 1. The average Bonchev–Trinajstić information content (AvgIpc) is 2.44. The van der Waals surface area contributed by atoms with E-state index >= 15 is 0 Å². The minimum absolute atomic E-state index is 0.368. The average molecular weight is 293 g/mol. The van der Waals surface area contributed by atoms with Crippen molar-refractivity contribution in [3.63, 3.8) is 0 Å². The Morgan fingerprint density at radius 2 is 1.81 bits per heavy atom. The van der Waals surface area contributed by atoms with Gasteiger partial charge in [-0.05, 0) is 25.1 Å². The molecule has 0 radical (unpaired) electrons. The highest BCUT2D eigenvalue weighted by atomic mass is 19.1. The highest BCUT2D eigenvalue weighted by Gasteiger charge is 2.10. The van der Waals surface area contributed by atoms with Crippen LogP contribution in [0.3, 0.4) is 0 Å². The summed E-state index contributed by atoms with van der Waals surface area (Å²) in [6, 6.07) is 8.83. The maximum absolute atomic E-state index is 13.1. The first-order valence-corrected chi connectivity index (χ1v) is 6.62. The highest BCUT2D eigenvalue weighted by molar-refractivity contribution is 5.50. The fourth-order valence-corrected chi connectivity index (χ4v) is 2.05. The van der Waals surface area contributed by atoms with Crippen molar-refractivity contribution >= 4 is 5.69 Å². The van der Waals surface area contributed by atoms with Crippen molar-refractivity contribution in [2.75, 3.05) is 19.0 Å². The Morgan fingerprint density at radius 1 is 1.10 bits per heavy atom. The van der Waals surface area contributed by atoms with Crippen LogP contribution in [0.4, 0.5) is 14.5 Å². The van der Waals surface area contributed by atoms with Crippen molar-refractivity contribution in [2.24, 2.45) is 0 Å². The van der Waals surface area contributed by atoms with E-state index in [4.69, 9.17) is 9.47 Å². The number of anilines is 1. The minimum Gasteiger partial charge on any atom is -0.493 e. The Hall–Kier alpha value is -2.30. The quantitative estimate of drug-likeness (QED) is 0.873. The summed E-state index contributed by atoms with van der Waals surface area (Å²) >= 11 is 0. The monoisotopic (exact) mass is 293 g/mol. The Balaban J connectivity index is 2.17. The zero-order valence-corrected chi connectivity index (χ0v) is 12.0. The standard InChI is InChI=1S/C16H17F2NO2/c1-3-21-15-6-4-5-11(16(15)20-2)10-19-14-8-12(17)7-13(18)9-14/h4-9,19H,3,10H2,1-2H3. The summed E-state index contributed by atoms with van der Waals surface area (Å²) in [5.74, 6) is 0.0218. The summed E-state index contributed by atoms with van der Waals surface area (Å²) in [4.78, 5) is 0. The van der Waals surface area contributed by atoms with Crippen molar-refractivity contribution in [1.29, 1.82) is 0 Å². The number of rotatable bonds is 6. The second-order valence-electron chi connectivity index (χ2n) is 4.39. The lowest BCUT2D eigenvalue weighted by atomic mass is 10.1. The molecule has 0 atom stereocenters. The molecule has 0 aliphatic carbocycles. The molecule has 0 unspecified atom stereocenters. The van der Waals surface area contributed by atoms with Gasteiger partial charge < -0.3 is 14.8 Å². The third-order valence-electron chi connectivity index (χ3n) is 2.91. The summed E-state index contributed by atoms with van der Waals surface area (Å²) in [5, 5.41) is 2.97. The van der Waals surface area contributed by atoms with Gasteiger partial charge in [-0.25, -0.2) is 8.78 Å². The molecule has 2 aromatic carbocycles. The fraction of sp³-hybridized carbons (Fsp3) is 0.250. The SMILES string of the molecule is CCOc1cccc(CNc2cc(F)cc(F)c2)c1OC. The molecule has 0 fully saturated rings. The Kier molecular flexibility index (Phi) is 4.98. The van der Waals surface area contributed by atoms with E-state index in [1.54, 1.807) is 7.11 Å². The third-order valence-corrected chi connectivity index (χ3v) is 2.91. The molecule has 0 saturated heterocycles. The fourth-order valence-electron chi connectivity index (χ4n) is 2.05. The van der Waals surface area contributed by atoms with Crippen LogP contribution in [0.25, 0.3) is 0 Å². The van der Waals surface area contributed by atoms with Crippen LogP contribution in [0.5, 0.6) is 11.5 Å². The van der Waals surface area contributed by atoms with Gasteiger partial charge in [-0.3, -0.25) is 0 Å². The molecule has 0 amide bonds. The van der Waals surface area contributed by atoms with Crippen LogP contribution in [-0.4, -0.2) is 13.7 Å². The van der Waals surface area contributed by atoms with E-state index in [0.29, 0.717) is 30.3 Å². The van der Waals surface area contributed by atoms with Gasteiger partial charge in [0, 0.05) is 23.9 Å². The van der Waals surface area contributed by atoms with Crippen molar-refractivity contribution in [1.82, 2.24) is 0 Å². The molecule has 0 aliphatic rings. The minimum atomic E-state index is -0.618. The molecular weight excluding hydrogens is 276 g/mol. The van der Waals surface area contributed by atoms with Crippen LogP contribution in [0.1, 0.15) is 12.5 Å². The highest BCUT2D eigenvalue weighted by Crippen LogP contribution is 2.31. The molecular formula is C16H17F2NO2. The molecule has 0 saturated carbocycles. The van der Waals surface area contributed by atoms with E-state index in [2.05, 4.69) is 5.32 Å². The lowest BCUT2D eigenvalue weighted by molar-refractivity contribution is 0.309. The molecule has 112 valence electrons. The van der Waals surface area contributed by atoms with Crippen molar-refractivity contribution in [3.05, 3.63) is 53.6 Å². The molecule has 0 spiro atoms. The third kappa shape index (κ3) is 3.84. The summed E-state index contributed by atoms with van der Waals surface area (Å²) in [7, 11) is 1.56. The van der Waals surface area contributed by atoms with E-state index in [-0.39, 0.29) is 0 Å². The predicted octanol–water partition coefficient (Wildman–Crippen LogP) is 3.98. The van der Waals surface area contributed by atoms with Gasteiger partial charge in [-0.1, -0.05) is 12.1 Å². The zero-order valence-electron chi connectivity index (χ0n) is 12.0. The van der Waals surface area contributed by atoms with Gasteiger partial charge in [0.2, 0.25) is 0 Å². The smallest absolute Gasteiger partial charge is 0.165 e. The second-order valence-corrected chi connectivity index (χ2v) is 4.39. The zero-order chi connectivity index (χ0) is 15.2. The number of halogens is 2. The molecule has 0 heterocycles. The largest absolute Gasteiger partial charge is 0.493 e. The number of ether oxygens (including phenoxy) is 2. The van der Waals surface area contributed by atoms with E-state index in [1.807, 2.05) is 25.1 Å². The Bertz CT molecular complexity index is 597. The van der Waals surface area contributed by atoms with Crippen LogP contribution in [0.15, 0.2) is 36.4 Å². The lowest BCUT2D eigenvalue weighted by Gasteiger charge is -2.14. The van der Waals surface area contributed by atoms with Crippen molar-refractivity contribution in [2.45, 2.75) is 13.5 Å². The van der Waals surface area contributed by atoms with E-state index < -0.39 is 11.6 Å². The van der Waals surface area contributed by atoms with Crippen LogP contribution in [0.2, 0.25) is 0 Å². The molecule has 1 N–H and O–H groups in total. The van der Waals surface area contributed by atoms with Crippen LogP contribution >= 0.6 is 0 Å². The first kappa shape index (κ1) is 15.1. The van der Waals surface area contributed by atoms with Gasteiger partial charge in [0.05, 0.1) is 13.7 Å². The van der Waals surface area contributed by atoms with Gasteiger partial charge in [0.1, 0.15) is 11.6 Å². The van der Waals surface area contributed by atoms with Crippen LogP contribution in [-0.2, 0) is 6.54 Å². The summed E-state index contributed by atoms with van der Waals surface area (Å²) in [6.45, 7) is 2.79. The van der Waals surface area contributed by atoms with Gasteiger partial charge in [0.25, 0.3) is 0 Å². The first-order valence-electron chi connectivity index (χ1n) is 6.62. The van der Waals surface area contributed by atoms with E-state index in [0.717, 1.165) is 11.6 Å². The number of para-hydroxylation sites is 1. The van der Waals surface area contributed by atoms with Crippen molar-refractivity contribution < 1.29 is 18.3 Å². The number of benzene rings is 2. The number of hydrogen-bond acceptors (Lipinski definition) is 3. The van der Waals surface area contributed by atoms with Crippen LogP contribution in [0, 0.1) is 11.6 Å². The van der Waals surface area contributed by atoms with E-state index in [9.17, 15) is 8.78 Å². The Morgan fingerprint density at radius 3 is 2.43 bits per heavy atom. The molecule has 0 aromatic heterocycles. The van der Waals surface area contributed by atoms with Crippen LogP contribution < -0.4 is 14.8 Å². The number of methoxy groups -OCH3 is 1. The first-order chi connectivity index (χ1) is 10.1. The Labute approximate surface area is 122 Å². The molecule has 2 rings (SSSR count). The lowest BCUT2D eigenvalue weighted by Crippen LogP contribution is -2.04. The molecule has 0 bridgehead atoms. The normalized spacial score (nSPS) is 10.3. The van der Waals surface area contributed by atoms with Gasteiger partial charge in [-0.2, -0.15) is 0 Å². The summed E-state index contributed by atoms with van der Waals surface area (Å²) in [5.41, 5.74) is 1.21. The number of hydrogen-bond donors (Lipinski definition) is 1. The van der Waals surface area contributed by atoms with Crippen molar-refractivity contribution in [3.8, 4) is 11.5 Å². The topological polar surface area (TPSA) is 30.5 Å². The molecule has 5 heteroatoms. The van der Waals surface area contributed by atoms with Gasteiger partial charge >= 0.3 is 0 Å². The van der Waals surface area contributed by atoms with Gasteiger partial charge in [-0.15, -0.1) is 0 Å². The maximum Gasteiger partial charge on any atom is 0.165 e.